The van der Waals surface area contributed by atoms with E-state index in [0.29, 0.717) is 23.1 Å². The number of hydrogen-bond donors (Lipinski definition) is 1. The number of nitrogens with zero attached hydrogens (tertiary/aromatic N) is 2. The molecule has 13 heteroatoms. The van der Waals surface area contributed by atoms with Gasteiger partial charge in [-0.2, -0.15) is 49.0 Å². The van der Waals surface area contributed by atoms with Crippen LogP contribution in [0, 0.1) is 0 Å². The molecule has 0 spiro atoms. The van der Waals surface area contributed by atoms with E-state index in [4.69, 9.17) is 10.6 Å². The minimum atomic E-state index is -5.38. The molecule has 1 aromatic carbocycles. The monoisotopic (exact) mass is 504 g/mol. The second-order valence-electron chi connectivity index (χ2n) is 6.94. The molecule has 2 aromatic heterocycles. The Hall–Kier alpha value is -3.06. The molecule has 1 atom stereocenters. The molecule has 33 heavy (non-hydrogen) atoms. The second-order valence-corrected chi connectivity index (χ2v) is 8.76. The summed E-state index contributed by atoms with van der Waals surface area (Å²) in [6.07, 6.45) is -10.9. The number of oxime groups is 1. The van der Waals surface area contributed by atoms with Gasteiger partial charge in [0.2, 0.25) is 0 Å². The van der Waals surface area contributed by atoms with Crippen LogP contribution in [-0.4, -0.2) is 12.0 Å². The maximum absolute atomic E-state index is 13.3. The lowest BCUT2D eigenvalue weighted by Crippen LogP contribution is -2.18. The van der Waals surface area contributed by atoms with E-state index in [-0.39, 0.29) is 29.1 Å². The maximum Gasteiger partial charge on any atom is 0.417 e. The number of rotatable bonds is 5. The summed E-state index contributed by atoms with van der Waals surface area (Å²) in [5.41, 5.74) is 2.04. The van der Waals surface area contributed by atoms with Crippen molar-refractivity contribution in [3.63, 3.8) is 0 Å². The third-order valence-corrected chi connectivity index (χ3v) is 6.50. The molecule has 2 N–H and O–H groups in total. The molecule has 1 aliphatic heterocycles. The molecule has 3 aromatic rings. The van der Waals surface area contributed by atoms with E-state index >= 15 is 0 Å². The SMILES string of the molecule is Nc1cc([N-]c2cc(C=O)c(C(F)(F)F)c(C(F)(F)F)c2)sc1C1=NOC(c2ccsc2)C1. The van der Waals surface area contributed by atoms with Crippen molar-refractivity contribution in [1.82, 2.24) is 0 Å². The van der Waals surface area contributed by atoms with Gasteiger partial charge in [0, 0.05) is 17.5 Å². The van der Waals surface area contributed by atoms with E-state index in [9.17, 15) is 31.1 Å². The minimum Gasteiger partial charge on any atom is -0.649 e. The molecular formula is C20H12F6N3O2S2-. The highest BCUT2D eigenvalue weighted by molar-refractivity contribution is 7.19. The lowest BCUT2D eigenvalue weighted by molar-refractivity contribution is -0.162. The fourth-order valence-electron chi connectivity index (χ4n) is 3.29. The summed E-state index contributed by atoms with van der Waals surface area (Å²) in [5, 5.41) is 11.9. The van der Waals surface area contributed by atoms with Crippen molar-refractivity contribution in [2.24, 2.45) is 5.16 Å². The first-order chi connectivity index (χ1) is 15.5. The molecule has 5 nitrogen and oxygen atoms in total. The summed E-state index contributed by atoms with van der Waals surface area (Å²) in [6.45, 7) is 0. The molecule has 0 fully saturated rings. The lowest BCUT2D eigenvalue weighted by atomic mass is 9.99. The number of nitrogens with two attached hydrogens (primary N) is 1. The van der Waals surface area contributed by atoms with Crippen LogP contribution < -0.4 is 5.73 Å². The third kappa shape index (κ3) is 4.69. The van der Waals surface area contributed by atoms with Crippen LogP contribution in [0.15, 0.2) is 40.2 Å². The van der Waals surface area contributed by atoms with Gasteiger partial charge in [0.05, 0.1) is 21.7 Å². The normalized spacial score (nSPS) is 16.4. The van der Waals surface area contributed by atoms with Crippen LogP contribution in [-0.2, 0) is 17.2 Å². The average Bonchev–Trinajstić information content (AvgIpc) is 3.46. The summed E-state index contributed by atoms with van der Waals surface area (Å²) in [5.74, 6) is 0. The standard InChI is InChI=1S/C20H12F6N3O2S2/c21-19(22,23)12-4-11(3-10(7-30)17(12)20(24,25)26)28-16-5-13(27)18(33-16)14-6-15(31-29-14)9-1-2-32-8-9/h1-5,7-8,15H,6H2,(H2-,27,28,29)/q-1. The fraction of sp³-hybridized carbons (Fsp3) is 0.200. The molecule has 0 bridgehead atoms. The summed E-state index contributed by atoms with van der Waals surface area (Å²) in [4.78, 5) is 17.1. The van der Waals surface area contributed by atoms with Gasteiger partial charge in [-0.1, -0.05) is 22.3 Å². The lowest BCUT2D eigenvalue weighted by Gasteiger charge is -2.25. The number of carbonyl (C=O) groups is 1. The fourth-order valence-corrected chi connectivity index (χ4v) is 4.96. The molecule has 4 rings (SSSR count). The number of anilines is 1. The zero-order chi connectivity index (χ0) is 24.0. The van der Waals surface area contributed by atoms with Crippen LogP contribution in [0.5, 0.6) is 0 Å². The van der Waals surface area contributed by atoms with Crippen LogP contribution in [0.2, 0.25) is 0 Å². The topological polar surface area (TPSA) is 78.8 Å². The largest absolute Gasteiger partial charge is 0.649 e. The van der Waals surface area contributed by atoms with Gasteiger partial charge >= 0.3 is 12.4 Å². The average molecular weight is 504 g/mol. The van der Waals surface area contributed by atoms with Crippen molar-refractivity contribution in [1.29, 1.82) is 0 Å². The number of halogens is 6. The highest BCUT2D eigenvalue weighted by atomic mass is 32.1. The highest BCUT2D eigenvalue weighted by Gasteiger charge is 2.44. The summed E-state index contributed by atoms with van der Waals surface area (Å²) >= 11 is 2.49. The Bertz CT molecular complexity index is 1220. The van der Waals surface area contributed by atoms with E-state index < -0.39 is 34.7 Å². The van der Waals surface area contributed by atoms with Gasteiger partial charge in [-0.15, -0.1) is 5.69 Å². The third-order valence-electron chi connectivity index (χ3n) is 4.70. The predicted molar refractivity (Wildman–Crippen MR) is 113 cm³/mol. The second kappa shape index (κ2) is 8.37. The Morgan fingerprint density at radius 1 is 1.15 bits per heavy atom. The van der Waals surface area contributed by atoms with Gasteiger partial charge in [0.15, 0.2) is 12.4 Å². The van der Waals surface area contributed by atoms with E-state index in [1.165, 1.54) is 17.4 Å². The number of thiophene rings is 2. The maximum atomic E-state index is 13.3. The van der Waals surface area contributed by atoms with E-state index in [1.54, 1.807) is 0 Å². The number of carbonyl (C=O) groups excluding carboxylic acids is 1. The number of hydrogen-bond acceptors (Lipinski definition) is 6. The molecule has 0 radical (unpaired) electrons. The summed E-state index contributed by atoms with van der Waals surface area (Å²) in [6, 6.07) is 4.17. The highest BCUT2D eigenvalue weighted by Crippen LogP contribution is 2.47. The van der Waals surface area contributed by atoms with Gasteiger partial charge in [-0.3, -0.25) is 4.79 Å². The predicted octanol–water partition coefficient (Wildman–Crippen LogP) is 7.44. The van der Waals surface area contributed by atoms with Crippen LogP contribution in [0.3, 0.4) is 0 Å². The molecule has 0 amide bonds. The quantitative estimate of drug-likeness (QED) is 0.290. The molecule has 1 unspecified atom stereocenters. The smallest absolute Gasteiger partial charge is 0.417 e. The van der Waals surface area contributed by atoms with E-state index in [2.05, 4.69) is 10.5 Å². The van der Waals surface area contributed by atoms with Crippen LogP contribution in [0.25, 0.3) is 5.32 Å². The molecule has 0 aliphatic carbocycles. The summed E-state index contributed by atoms with van der Waals surface area (Å²) in [7, 11) is 0. The van der Waals surface area contributed by atoms with Gasteiger partial charge in [0.1, 0.15) is 5.71 Å². The zero-order valence-corrected chi connectivity index (χ0v) is 17.8. The van der Waals surface area contributed by atoms with E-state index in [1.807, 2.05) is 16.8 Å². The van der Waals surface area contributed by atoms with Crippen molar-refractivity contribution in [3.8, 4) is 0 Å². The number of aldehydes is 1. The Balaban J connectivity index is 1.63. The number of nitrogen functional groups attached to an aromatic ring is 1. The summed E-state index contributed by atoms with van der Waals surface area (Å²) < 4.78 is 79.7. The molecule has 0 saturated heterocycles. The molecule has 1 aliphatic rings. The van der Waals surface area contributed by atoms with Gasteiger partial charge in [0.25, 0.3) is 0 Å². The Morgan fingerprint density at radius 3 is 2.52 bits per heavy atom. The van der Waals surface area contributed by atoms with Crippen LogP contribution >= 0.6 is 22.7 Å². The Kier molecular flexibility index (Phi) is 5.86. The van der Waals surface area contributed by atoms with Crippen LogP contribution in [0.4, 0.5) is 42.7 Å². The molecule has 0 saturated carbocycles. The number of alkyl halides is 6. The van der Waals surface area contributed by atoms with Crippen molar-refractivity contribution in [3.05, 3.63) is 67.5 Å². The van der Waals surface area contributed by atoms with Crippen molar-refractivity contribution in [2.75, 3.05) is 5.73 Å². The Labute approximate surface area is 190 Å². The Morgan fingerprint density at radius 2 is 1.91 bits per heavy atom. The molecular weight excluding hydrogens is 492 g/mol. The minimum absolute atomic E-state index is 0.133. The first-order valence-electron chi connectivity index (χ1n) is 9.11. The molecule has 3 heterocycles. The zero-order valence-electron chi connectivity index (χ0n) is 16.2. The van der Waals surface area contributed by atoms with Crippen LogP contribution in [0.1, 0.15) is 44.5 Å². The van der Waals surface area contributed by atoms with Gasteiger partial charge in [-0.25, -0.2) is 0 Å². The van der Waals surface area contributed by atoms with Crippen molar-refractivity contribution in [2.45, 2.75) is 24.9 Å². The van der Waals surface area contributed by atoms with Gasteiger partial charge < -0.3 is 15.9 Å². The molecule has 174 valence electrons. The number of benzene rings is 1. The van der Waals surface area contributed by atoms with E-state index in [0.717, 1.165) is 16.9 Å². The first kappa shape index (κ1) is 23.1. The van der Waals surface area contributed by atoms with Crippen molar-refractivity contribution >= 4 is 51.0 Å². The van der Waals surface area contributed by atoms with Gasteiger partial charge in [-0.05, 0) is 22.9 Å². The van der Waals surface area contributed by atoms with Crippen molar-refractivity contribution < 1.29 is 36.0 Å². The first-order valence-corrected chi connectivity index (χ1v) is 10.9.